The molecule has 17 heavy (non-hydrogen) atoms. The molecule has 0 aliphatic rings. The van der Waals surface area contributed by atoms with E-state index >= 15 is 0 Å². The van der Waals surface area contributed by atoms with Crippen LogP contribution in [0.15, 0.2) is 35.1 Å². The Morgan fingerprint density at radius 3 is 2.12 bits per heavy atom. The van der Waals surface area contributed by atoms with E-state index in [-0.39, 0.29) is 5.43 Å². The van der Waals surface area contributed by atoms with Crippen molar-refractivity contribution >= 4 is 0 Å². The van der Waals surface area contributed by atoms with Crippen molar-refractivity contribution in [2.75, 3.05) is 0 Å². The van der Waals surface area contributed by atoms with Gasteiger partial charge in [0.15, 0.2) is 5.43 Å². The maximum absolute atomic E-state index is 11.4. The van der Waals surface area contributed by atoms with Crippen LogP contribution in [0.25, 0.3) is 5.69 Å². The van der Waals surface area contributed by atoms with Crippen molar-refractivity contribution in [1.82, 2.24) is 4.57 Å². The van der Waals surface area contributed by atoms with Crippen molar-refractivity contribution in [3.63, 3.8) is 0 Å². The summed E-state index contributed by atoms with van der Waals surface area (Å²) < 4.78 is 2.13. The Bertz CT molecular complexity index is 597. The van der Waals surface area contributed by atoms with Gasteiger partial charge in [-0.15, -0.1) is 0 Å². The van der Waals surface area contributed by atoms with E-state index < -0.39 is 0 Å². The highest BCUT2D eigenvalue weighted by atomic mass is 16.1. The van der Waals surface area contributed by atoms with E-state index in [4.69, 9.17) is 0 Å². The van der Waals surface area contributed by atoms with Gasteiger partial charge in [0.25, 0.3) is 0 Å². The summed E-state index contributed by atoms with van der Waals surface area (Å²) in [6, 6.07) is 9.59. The lowest BCUT2D eigenvalue weighted by Gasteiger charge is -2.17. The Labute approximate surface area is 102 Å². The monoisotopic (exact) mass is 227 g/mol. The molecule has 1 aromatic heterocycles. The molecule has 2 aromatic rings. The maximum atomic E-state index is 11.4. The molecule has 0 saturated heterocycles. The standard InChI is InChI=1S/C15H17NO/c1-10-6-5-7-15(13(10)4)16-11(2)8-14(17)9-12(16)3/h5-9H,1-4H3. The van der Waals surface area contributed by atoms with Crippen molar-refractivity contribution in [3.8, 4) is 5.69 Å². The molecular weight excluding hydrogens is 210 g/mol. The van der Waals surface area contributed by atoms with E-state index in [1.165, 1.54) is 11.1 Å². The Kier molecular flexibility index (Phi) is 2.88. The van der Waals surface area contributed by atoms with Crippen LogP contribution in [0.5, 0.6) is 0 Å². The Hall–Kier alpha value is -1.83. The molecule has 0 atom stereocenters. The predicted molar refractivity (Wildman–Crippen MR) is 71.0 cm³/mol. The van der Waals surface area contributed by atoms with Crippen molar-refractivity contribution < 1.29 is 0 Å². The number of rotatable bonds is 1. The summed E-state index contributed by atoms with van der Waals surface area (Å²) in [5, 5.41) is 0. The smallest absolute Gasteiger partial charge is 0.182 e. The molecule has 0 amide bonds. The van der Waals surface area contributed by atoms with Crippen LogP contribution in [0.2, 0.25) is 0 Å². The van der Waals surface area contributed by atoms with Crippen LogP contribution in [-0.4, -0.2) is 4.57 Å². The first kappa shape index (κ1) is 11.6. The molecule has 0 fully saturated rings. The average molecular weight is 227 g/mol. The molecule has 1 aromatic carbocycles. The van der Waals surface area contributed by atoms with E-state index in [0.29, 0.717) is 0 Å². The largest absolute Gasteiger partial charge is 0.318 e. The molecule has 2 rings (SSSR count). The highest BCUT2D eigenvalue weighted by Crippen LogP contribution is 2.20. The number of hydrogen-bond acceptors (Lipinski definition) is 1. The van der Waals surface area contributed by atoms with Crippen molar-refractivity contribution in [2.45, 2.75) is 27.7 Å². The highest BCUT2D eigenvalue weighted by molar-refractivity contribution is 5.47. The molecular formula is C15H17NO. The zero-order valence-electron chi connectivity index (χ0n) is 10.7. The van der Waals surface area contributed by atoms with Crippen LogP contribution in [-0.2, 0) is 0 Å². The number of pyridine rings is 1. The molecule has 2 heteroatoms. The molecule has 0 aliphatic heterocycles. The van der Waals surface area contributed by atoms with Gasteiger partial charge >= 0.3 is 0 Å². The zero-order chi connectivity index (χ0) is 12.6. The van der Waals surface area contributed by atoms with E-state index in [1.54, 1.807) is 12.1 Å². The molecule has 2 nitrogen and oxygen atoms in total. The average Bonchev–Trinajstić information content (AvgIpc) is 2.23. The Morgan fingerprint density at radius 1 is 0.941 bits per heavy atom. The van der Waals surface area contributed by atoms with E-state index in [2.05, 4.69) is 36.6 Å². The molecule has 0 N–H and O–H groups in total. The first-order valence-electron chi connectivity index (χ1n) is 5.77. The molecule has 0 aliphatic carbocycles. The van der Waals surface area contributed by atoms with E-state index in [9.17, 15) is 4.79 Å². The van der Waals surface area contributed by atoms with Gasteiger partial charge in [0.2, 0.25) is 0 Å². The minimum Gasteiger partial charge on any atom is -0.318 e. The summed E-state index contributed by atoms with van der Waals surface area (Å²) in [6.45, 7) is 8.15. The molecule has 0 radical (unpaired) electrons. The summed E-state index contributed by atoms with van der Waals surface area (Å²) in [4.78, 5) is 11.4. The Morgan fingerprint density at radius 2 is 1.53 bits per heavy atom. The van der Waals surface area contributed by atoms with Crippen LogP contribution in [0.4, 0.5) is 0 Å². The lowest BCUT2D eigenvalue weighted by Crippen LogP contribution is -2.12. The number of aryl methyl sites for hydroxylation is 3. The summed E-state index contributed by atoms with van der Waals surface area (Å²) >= 11 is 0. The third-order valence-corrected chi connectivity index (χ3v) is 3.22. The van der Waals surface area contributed by atoms with Gasteiger partial charge in [-0.25, -0.2) is 0 Å². The van der Waals surface area contributed by atoms with Gasteiger partial charge in [-0.05, 0) is 44.9 Å². The van der Waals surface area contributed by atoms with Crippen LogP contribution >= 0.6 is 0 Å². The zero-order valence-corrected chi connectivity index (χ0v) is 10.7. The van der Waals surface area contributed by atoms with Crippen molar-refractivity contribution in [2.24, 2.45) is 0 Å². The van der Waals surface area contributed by atoms with E-state index in [1.807, 2.05) is 13.8 Å². The molecule has 1 heterocycles. The number of benzene rings is 1. The molecule has 0 unspecified atom stereocenters. The van der Waals surface area contributed by atoms with Crippen LogP contribution < -0.4 is 5.43 Å². The first-order valence-corrected chi connectivity index (χ1v) is 5.77. The van der Waals surface area contributed by atoms with Gasteiger partial charge in [-0.1, -0.05) is 12.1 Å². The SMILES string of the molecule is Cc1cccc(-n2c(C)cc(=O)cc2C)c1C. The second-order valence-corrected chi connectivity index (χ2v) is 4.53. The number of hydrogen-bond donors (Lipinski definition) is 0. The fraction of sp³-hybridized carbons (Fsp3) is 0.267. The quantitative estimate of drug-likeness (QED) is 0.734. The maximum Gasteiger partial charge on any atom is 0.182 e. The van der Waals surface area contributed by atoms with Crippen molar-refractivity contribution in [3.05, 3.63) is 63.1 Å². The van der Waals surface area contributed by atoms with Crippen molar-refractivity contribution in [1.29, 1.82) is 0 Å². The highest BCUT2D eigenvalue weighted by Gasteiger charge is 2.07. The minimum atomic E-state index is 0.0709. The van der Waals surface area contributed by atoms with Gasteiger partial charge in [0.05, 0.1) is 0 Å². The summed E-state index contributed by atoms with van der Waals surface area (Å²) in [6.07, 6.45) is 0. The van der Waals surface area contributed by atoms with Crippen LogP contribution in [0.1, 0.15) is 22.5 Å². The van der Waals surface area contributed by atoms with Gasteiger partial charge in [0.1, 0.15) is 0 Å². The fourth-order valence-electron chi connectivity index (χ4n) is 2.22. The molecule has 0 saturated carbocycles. The van der Waals surface area contributed by atoms with Gasteiger partial charge in [-0.2, -0.15) is 0 Å². The van der Waals surface area contributed by atoms with Gasteiger partial charge in [-0.3, -0.25) is 4.79 Å². The van der Waals surface area contributed by atoms with E-state index in [0.717, 1.165) is 17.1 Å². The minimum absolute atomic E-state index is 0.0709. The lowest BCUT2D eigenvalue weighted by atomic mass is 10.1. The second-order valence-electron chi connectivity index (χ2n) is 4.53. The Balaban J connectivity index is 2.77. The van der Waals surface area contributed by atoms with Gasteiger partial charge in [0, 0.05) is 29.2 Å². The summed E-state index contributed by atoms with van der Waals surface area (Å²) in [7, 11) is 0. The van der Waals surface area contributed by atoms with Crippen LogP contribution in [0.3, 0.4) is 0 Å². The normalized spacial score (nSPS) is 10.6. The molecule has 0 spiro atoms. The summed E-state index contributed by atoms with van der Waals surface area (Å²) in [5.41, 5.74) is 5.69. The fourth-order valence-corrected chi connectivity index (χ4v) is 2.22. The van der Waals surface area contributed by atoms with Crippen LogP contribution in [0, 0.1) is 27.7 Å². The predicted octanol–water partition coefficient (Wildman–Crippen LogP) is 3.07. The third kappa shape index (κ3) is 2.03. The summed E-state index contributed by atoms with van der Waals surface area (Å²) in [5.74, 6) is 0. The number of nitrogens with zero attached hydrogens (tertiary/aromatic N) is 1. The molecule has 0 bridgehead atoms. The first-order chi connectivity index (χ1) is 8.00. The van der Waals surface area contributed by atoms with Gasteiger partial charge < -0.3 is 4.57 Å². The second kappa shape index (κ2) is 4.21. The number of aromatic nitrogens is 1. The lowest BCUT2D eigenvalue weighted by molar-refractivity contribution is 0.911. The third-order valence-electron chi connectivity index (χ3n) is 3.22. The molecule has 88 valence electrons. The topological polar surface area (TPSA) is 22.0 Å².